The van der Waals surface area contributed by atoms with Crippen molar-refractivity contribution in [2.24, 2.45) is 5.92 Å². The molecule has 0 saturated heterocycles. The highest BCUT2D eigenvalue weighted by Gasteiger charge is 2.15. The smallest absolute Gasteiger partial charge is 0.124 e. The fourth-order valence-electron chi connectivity index (χ4n) is 2.06. The van der Waals surface area contributed by atoms with Crippen molar-refractivity contribution in [3.8, 4) is 11.5 Å². The highest BCUT2D eigenvalue weighted by Crippen LogP contribution is 2.32. The molecule has 0 heterocycles. The molecular weight excluding hydrogens is 230 g/mol. The predicted octanol–water partition coefficient (Wildman–Crippen LogP) is 2.16. The summed E-state index contributed by atoms with van der Waals surface area (Å²) in [6, 6.07) is 4.62. The van der Waals surface area contributed by atoms with Crippen LogP contribution in [0.15, 0.2) is 18.2 Å². The number of hydrogen-bond acceptors (Lipinski definition) is 4. The van der Waals surface area contributed by atoms with E-state index >= 15 is 0 Å². The summed E-state index contributed by atoms with van der Waals surface area (Å²) in [5, 5.41) is 31.7. The van der Waals surface area contributed by atoms with Gasteiger partial charge in [-0.15, -0.1) is 0 Å². The Bertz CT molecular complexity index is 348. The highest BCUT2D eigenvalue weighted by molar-refractivity contribution is 5.44. The molecule has 1 rings (SSSR count). The van der Waals surface area contributed by atoms with Gasteiger partial charge in [0.25, 0.3) is 0 Å². The van der Waals surface area contributed by atoms with Crippen LogP contribution in [0.5, 0.6) is 11.5 Å². The minimum Gasteiger partial charge on any atom is -0.507 e. The molecule has 0 spiro atoms. The Kier molecular flexibility index (Phi) is 5.95. The van der Waals surface area contributed by atoms with Crippen LogP contribution in [0.2, 0.25) is 0 Å². The van der Waals surface area contributed by atoms with Gasteiger partial charge in [-0.3, -0.25) is 0 Å². The fourth-order valence-corrected chi connectivity index (χ4v) is 2.06. The van der Waals surface area contributed by atoms with Crippen LogP contribution in [-0.2, 0) is 0 Å². The molecule has 0 aliphatic heterocycles. The second-order valence-corrected chi connectivity index (χ2v) is 4.63. The lowest BCUT2D eigenvalue weighted by atomic mass is 10.0. The zero-order chi connectivity index (χ0) is 13.5. The van der Waals surface area contributed by atoms with Crippen LogP contribution in [0, 0.1) is 5.92 Å². The largest absolute Gasteiger partial charge is 0.507 e. The first-order valence-corrected chi connectivity index (χ1v) is 6.45. The third kappa shape index (κ3) is 3.89. The van der Waals surface area contributed by atoms with Crippen molar-refractivity contribution in [1.82, 2.24) is 5.32 Å². The van der Waals surface area contributed by atoms with E-state index in [1.807, 2.05) is 6.92 Å². The van der Waals surface area contributed by atoms with Gasteiger partial charge in [0.05, 0.1) is 5.56 Å². The van der Waals surface area contributed by atoms with Gasteiger partial charge in [-0.05, 0) is 37.9 Å². The van der Waals surface area contributed by atoms with E-state index in [-0.39, 0.29) is 24.1 Å². The Morgan fingerprint density at radius 1 is 1.22 bits per heavy atom. The molecule has 2 atom stereocenters. The topological polar surface area (TPSA) is 72.7 Å². The maximum Gasteiger partial charge on any atom is 0.124 e. The lowest BCUT2D eigenvalue weighted by molar-refractivity contribution is 0.248. The number of phenolic OH excluding ortho intramolecular Hbond substituents is 2. The quantitative estimate of drug-likeness (QED) is 0.601. The number of hydrogen-bond donors (Lipinski definition) is 4. The van der Waals surface area contributed by atoms with E-state index in [1.165, 1.54) is 0 Å². The number of benzene rings is 1. The lowest BCUT2D eigenvalue weighted by Gasteiger charge is -2.20. The summed E-state index contributed by atoms with van der Waals surface area (Å²) in [4.78, 5) is 0. The molecule has 0 amide bonds. The maximum atomic E-state index is 9.75. The number of aliphatic hydroxyl groups excluding tert-OH is 1. The zero-order valence-corrected chi connectivity index (χ0v) is 11.1. The molecule has 4 heteroatoms. The summed E-state index contributed by atoms with van der Waals surface area (Å²) in [7, 11) is 0. The van der Waals surface area contributed by atoms with Crippen molar-refractivity contribution >= 4 is 0 Å². The molecule has 0 fully saturated rings. The minimum absolute atomic E-state index is 0.102. The molecule has 1 aromatic carbocycles. The van der Waals surface area contributed by atoms with Crippen LogP contribution in [0.4, 0.5) is 0 Å². The van der Waals surface area contributed by atoms with E-state index in [2.05, 4.69) is 12.2 Å². The monoisotopic (exact) mass is 253 g/mol. The number of phenols is 2. The van der Waals surface area contributed by atoms with Gasteiger partial charge in [-0.1, -0.05) is 19.4 Å². The van der Waals surface area contributed by atoms with Crippen LogP contribution in [-0.4, -0.2) is 28.5 Å². The number of rotatable bonds is 7. The van der Waals surface area contributed by atoms with E-state index in [1.54, 1.807) is 18.2 Å². The molecule has 2 unspecified atom stereocenters. The van der Waals surface area contributed by atoms with Gasteiger partial charge in [0, 0.05) is 12.6 Å². The Hall–Kier alpha value is -1.26. The summed E-state index contributed by atoms with van der Waals surface area (Å²) in [6.07, 6.45) is 1.76. The Labute approximate surface area is 108 Å². The van der Waals surface area contributed by atoms with E-state index in [0.29, 0.717) is 11.5 Å². The minimum atomic E-state index is -0.126. The molecule has 0 aliphatic carbocycles. The van der Waals surface area contributed by atoms with Crippen LogP contribution < -0.4 is 5.32 Å². The van der Waals surface area contributed by atoms with Gasteiger partial charge in [-0.25, -0.2) is 0 Å². The van der Waals surface area contributed by atoms with E-state index in [9.17, 15) is 10.2 Å². The summed E-state index contributed by atoms with van der Waals surface area (Å²) in [5.74, 6) is 0.612. The number of nitrogens with one attached hydrogen (secondary N) is 1. The van der Waals surface area contributed by atoms with Crippen molar-refractivity contribution in [3.63, 3.8) is 0 Å². The molecular formula is C14H23NO3. The first-order chi connectivity index (χ1) is 8.60. The first kappa shape index (κ1) is 14.8. The number of aliphatic hydroxyl groups is 1. The third-order valence-corrected chi connectivity index (χ3v) is 3.32. The lowest BCUT2D eigenvalue weighted by Crippen LogP contribution is -2.26. The predicted molar refractivity (Wildman–Crippen MR) is 71.7 cm³/mol. The Balaban J connectivity index is 2.62. The summed E-state index contributed by atoms with van der Waals surface area (Å²) in [6.45, 7) is 4.94. The molecule has 4 nitrogen and oxygen atoms in total. The zero-order valence-electron chi connectivity index (χ0n) is 11.1. The SMILES string of the molecule is CCC(CCO)CNC(C)c1c(O)cccc1O. The average molecular weight is 253 g/mol. The maximum absolute atomic E-state index is 9.75. The summed E-state index contributed by atoms with van der Waals surface area (Å²) >= 11 is 0. The van der Waals surface area contributed by atoms with Crippen molar-refractivity contribution in [3.05, 3.63) is 23.8 Å². The molecule has 0 aliphatic rings. The van der Waals surface area contributed by atoms with E-state index in [4.69, 9.17) is 5.11 Å². The molecule has 1 aromatic rings. The van der Waals surface area contributed by atoms with Crippen molar-refractivity contribution in [2.75, 3.05) is 13.2 Å². The molecule has 102 valence electrons. The average Bonchev–Trinajstić information content (AvgIpc) is 2.34. The van der Waals surface area contributed by atoms with Crippen molar-refractivity contribution in [1.29, 1.82) is 0 Å². The van der Waals surface area contributed by atoms with Gasteiger partial charge in [0.2, 0.25) is 0 Å². The van der Waals surface area contributed by atoms with Crippen molar-refractivity contribution in [2.45, 2.75) is 32.7 Å². The standard InChI is InChI=1S/C14H23NO3/c1-3-11(7-8-16)9-15-10(2)14-12(17)5-4-6-13(14)18/h4-6,10-11,15-18H,3,7-9H2,1-2H3. The summed E-state index contributed by atoms with van der Waals surface area (Å²) in [5.41, 5.74) is 0.524. The molecule has 0 aromatic heterocycles. The second-order valence-electron chi connectivity index (χ2n) is 4.63. The normalized spacial score (nSPS) is 14.4. The second kappa shape index (κ2) is 7.24. The highest BCUT2D eigenvalue weighted by atomic mass is 16.3. The van der Waals surface area contributed by atoms with Gasteiger partial charge >= 0.3 is 0 Å². The van der Waals surface area contributed by atoms with Gasteiger partial charge < -0.3 is 20.6 Å². The van der Waals surface area contributed by atoms with Gasteiger partial charge in [0.15, 0.2) is 0 Å². The summed E-state index contributed by atoms with van der Waals surface area (Å²) < 4.78 is 0. The van der Waals surface area contributed by atoms with Crippen LogP contribution >= 0.6 is 0 Å². The van der Waals surface area contributed by atoms with Gasteiger partial charge in [0.1, 0.15) is 11.5 Å². The molecule has 18 heavy (non-hydrogen) atoms. The molecule has 0 bridgehead atoms. The van der Waals surface area contributed by atoms with E-state index < -0.39 is 0 Å². The fraction of sp³-hybridized carbons (Fsp3) is 0.571. The number of aromatic hydroxyl groups is 2. The van der Waals surface area contributed by atoms with Gasteiger partial charge in [-0.2, -0.15) is 0 Å². The van der Waals surface area contributed by atoms with Crippen molar-refractivity contribution < 1.29 is 15.3 Å². The van der Waals surface area contributed by atoms with Crippen LogP contribution in [0.1, 0.15) is 38.3 Å². The molecule has 4 N–H and O–H groups in total. The Morgan fingerprint density at radius 2 is 1.83 bits per heavy atom. The molecule has 0 saturated carbocycles. The third-order valence-electron chi connectivity index (χ3n) is 3.32. The van der Waals surface area contributed by atoms with Crippen LogP contribution in [0.3, 0.4) is 0 Å². The first-order valence-electron chi connectivity index (χ1n) is 6.45. The Morgan fingerprint density at radius 3 is 2.33 bits per heavy atom. The van der Waals surface area contributed by atoms with E-state index in [0.717, 1.165) is 19.4 Å². The van der Waals surface area contributed by atoms with Crippen LogP contribution in [0.25, 0.3) is 0 Å². The molecule has 0 radical (unpaired) electrons.